The van der Waals surface area contributed by atoms with Crippen LogP contribution in [0.3, 0.4) is 0 Å². The fraction of sp³-hybridized carbons (Fsp3) is 0.348. The number of fused-ring (bicyclic) bond motifs is 1. The third kappa shape index (κ3) is 3.28. The fourth-order valence-corrected chi connectivity index (χ4v) is 4.45. The van der Waals surface area contributed by atoms with E-state index in [0.717, 1.165) is 10.3 Å². The Labute approximate surface area is 183 Å². The van der Waals surface area contributed by atoms with Gasteiger partial charge in [0.25, 0.3) is 0 Å². The summed E-state index contributed by atoms with van der Waals surface area (Å²) in [5.74, 6) is -0.502. The van der Waals surface area contributed by atoms with Crippen molar-refractivity contribution in [3.63, 3.8) is 0 Å². The number of rotatable bonds is 5. The van der Waals surface area contributed by atoms with Gasteiger partial charge in [0.05, 0.1) is 11.0 Å². The maximum absolute atomic E-state index is 13.9. The molecule has 166 valence electrons. The first-order valence-corrected chi connectivity index (χ1v) is 10.6. The van der Waals surface area contributed by atoms with Gasteiger partial charge in [-0.3, -0.25) is 14.2 Å². The van der Waals surface area contributed by atoms with E-state index in [1.54, 1.807) is 35.2 Å². The van der Waals surface area contributed by atoms with Crippen molar-refractivity contribution in [2.75, 3.05) is 31.1 Å². The van der Waals surface area contributed by atoms with E-state index in [0.29, 0.717) is 55.6 Å². The number of imidazole rings is 1. The highest BCUT2D eigenvalue weighted by atomic mass is 19.3. The van der Waals surface area contributed by atoms with E-state index in [9.17, 15) is 18.4 Å². The number of aromatic nitrogens is 2. The van der Waals surface area contributed by atoms with Gasteiger partial charge < -0.3 is 15.5 Å². The number of hydrogen-bond donors (Lipinski definition) is 1. The molecule has 2 aliphatic rings. The van der Waals surface area contributed by atoms with Gasteiger partial charge in [0.2, 0.25) is 11.8 Å². The quantitative estimate of drug-likeness (QED) is 0.620. The van der Waals surface area contributed by atoms with Crippen molar-refractivity contribution in [3.05, 3.63) is 48.5 Å². The van der Waals surface area contributed by atoms with Gasteiger partial charge in [-0.2, -0.15) is 8.78 Å². The van der Waals surface area contributed by atoms with Crippen LogP contribution in [0.1, 0.15) is 19.4 Å². The summed E-state index contributed by atoms with van der Waals surface area (Å²) in [7, 11) is 0. The first kappa shape index (κ1) is 20.4. The summed E-state index contributed by atoms with van der Waals surface area (Å²) in [5.41, 5.74) is 6.81. The molecule has 0 bridgehead atoms. The second-order valence-corrected chi connectivity index (χ2v) is 8.35. The van der Waals surface area contributed by atoms with Gasteiger partial charge in [-0.05, 0) is 37.1 Å². The van der Waals surface area contributed by atoms with Crippen LogP contribution in [0, 0.1) is 5.41 Å². The van der Waals surface area contributed by atoms with E-state index in [4.69, 9.17) is 5.73 Å². The average molecular weight is 439 g/mol. The van der Waals surface area contributed by atoms with Crippen LogP contribution >= 0.6 is 0 Å². The lowest BCUT2D eigenvalue weighted by Crippen LogP contribution is -2.52. The highest BCUT2D eigenvalue weighted by Gasteiger charge is 2.57. The predicted molar refractivity (Wildman–Crippen MR) is 116 cm³/mol. The smallest absolute Gasteiger partial charge is 0.320 e. The molecule has 0 spiro atoms. The highest BCUT2D eigenvalue weighted by Crippen LogP contribution is 2.47. The molecule has 1 aromatic heterocycles. The molecule has 2 fully saturated rings. The van der Waals surface area contributed by atoms with E-state index < -0.39 is 17.9 Å². The number of halogens is 2. The number of carbonyl (C=O) groups excluding carboxylic acids is 2. The molecule has 5 rings (SSSR count). The van der Waals surface area contributed by atoms with Crippen LogP contribution in [0.25, 0.3) is 22.4 Å². The first-order valence-electron chi connectivity index (χ1n) is 10.6. The summed E-state index contributed by atoms with van der Waals surface area (Å²) in [4.78, 5) is 32.6. The Balaban J connectivity index is 1.37. The number of alkyl halides is 2. The standard InChI is InChI=1S/C23H23F2N5O2/c24-22(25)30-18-7-2-1-6-17(18)27-19(30)15-4-3-5-16(14-15)28-10-12-29(13-11-28)21(32)23(8-9-23)20(26)31/h1-7,14,22H,8-13H2,(H2,26,31). The normalized spacial score (nSPS) is 17.7. The zero-order valence-corrected chi connectivity index (χ0v) is 17.4. The lowest BCUT2D eigenvalue weighted by Gasteiger charge is -2.37. The number of hydrogen-bond acceptors (Lipinski definition) is 4. The summed E-state index contributed by atoms with van der Waals surface area (Å²) in [5, 5.41) is 0. The molecule has 1 aliphatic carbocycles. The van der Waals surface area contributed by atoms with Crippen molar-refractivity contribution in [1.82, 2.24) is 14.5 Å². The number of primary amides is 1. The molecule has 0 atom stereocenters. The topological polar surface area (TPSA) is 84.5 Å². The molecule has 7 nitrogen and oxygen atoms in total. The van der Waals surface area contributed by atoms with Crippen LogP contribution in [0.5, 0.6) is 0 Å². The molecule has 2 N–H and O–H groups in total. The van der Waals surface area contributed by atoms with Gasteiger partial charge >= 0.3 is 6.55 Å². The summed E-state index contributed by atoms with van der Waals surface area (Å²) < 4.78 is 28.6. The molecule has 2 heterocycles. The summed E-state index contributed by atoms with van der Waals surface area (Å²) in [6, 6.07) is 14.2. The molecule has 0 radical (unpaired) electrons. The molecule has 1 aliphatic heterocycles. The monoisotopic (exact) mass is 439 g/mol. The van der Waals surface area contributed by atoms with Crippen LogP contribution in [0.2, 0.25) is 0 Å². The number of anilines is 1. The van der Waals surface area contributed by atoms with E-state index in [1.165, 1.54) is 0 Å². The maximum Gasteiger partial charge on any atom is 0.320 e. The van der Waals surface area contributed by atoms with Gasteiger partial charge in [-0.1, -0.05) is 24.3 Å². The van der Waals surface area contributed by atoms with E-state index >= 15 is 0 Å². The van der Waals surface area contributed by atoms with Crippen molar-refractivity contribution in [2.45, 2.75) is 19.4 Å². The Morgan fingerprint density at radius 3 is 2.38 bits per heavy atom. The molecule has 9 heteroatoms. The van der Waals surface area contributed by atoms with Gasteiger partial charge in [-0.25, -0.2) is 4.98 Å². The Morgan fingerprint density at radius 1 is 1.00 bits per heavy atom. The SMILES string of the molecule is NC(=O)C1(C(=O)N2CCN(c3cccc(-c4nc5ccccc5n4C(F)F)c3)CC2)CC1. The van der Waals surface area contributed by atoms with Gasteiger partial charge in [0, 0.05) is 37.4 Å². The number of amides is 2. The summed E-state index contributed by atoms with van der Waals surface area (Å²) >= 11 is 0. The van der Waals surface area contributed by atoms with Crippen molar-refractivity contribution < 1.29 is 18.4 Å². The molecule has 1 saturated heterocycles. The third-order valence-corrected chi connectivity index (χ3v) is 6.46. The van der Waals surface area contributed by atoms with Gasteiger partial charge in [0.1, 0.15) is 11.2 Å². The third-order valence-electron chi connectivity index (χ3n) is 6.46. The maximum atomic E-state index is 13.9. The number of carbonyl (C=O) groups is 2. The molecule has 3 aromatic rings. The number of piperazine rings is 1. The molecule has 0 unspecified atom stereocenters. The van der Waals surface area contributed by atoms with E-state index in [-0.39, 0.29) is 11.7 Å². The first-order chi connectivity index (χ1) is 15.4. The lowest BCUT2D eigenvalue weighted by molar-refractivity contribution is -0.143. The zero-order valence-electron chi connectivity index (χ0n) is 17.4. The van der Waals surface area contributed by atoms with Crippen LogP contribution < -0.4 is 10.6 Å². The minimum atomic E-state index is -2.71. The summed E-state index contributed by atoms with van der Waals surface area (Å²) in [6.45, 7) is -0.595. The zero-order chi connectivity index (χ0) is 22.5. The summed E-state index contributed by atoms with van der Waals surface area (Å²) in [6.07, 6.45) is 1.04. The number of nitrogens with zero attached hydrogens (tertiary/aromatic N) is 4. The molecule has 2 amide bonds. The van der Waals surface area contributed by atoms with Gasteiger partial charge in [0.15, 0.2) is 0 Å². The second-order valence-electron chi connectivity index (χ2n) is 8.35. The molecular weight excluding hydrogens is 416 g/mol. The van der Waals surface area contributed by atoms with Crippen molar-refractivity contribution in [3.8, 4) is 11.4 Å². The van der Waals surface area contributed by atoms with Crippen LogP contribution in [-0.2, 0) is 9.59 Å². The fourth-order valence-electron chi connectivity index (χ4n) is 4.45. The second kappa shape index (κ2) is 7.58. The largest absolute Gasteiger partial charge is 0.369 e. The predicted octanol–water partition coefficient (Wildman–Crippen LogP) is 3.01. The van der Waals surface area contributed by atoms with Crippen LogP contribution in [-0.4, -0.2) is 52.4 Å². The minimum Gasteiger partial charge on any atom is -0.369 e. The van der Waals surface area contributed by atoms with Crippen molar-refractivity contribution in [2.24, 2.45) is 11.1 Å². The van der Waals surface area contributed by atoms with Crippen molar-refractivity contribution in [1.29, 1.82) is 0 Å². The Bertz CT molecular complexity index is 1200. The van der Waals surface area contributed by atoms with Crippen LogP contribution in [0.15, 0.2) is 48.5 Å². The van der Waals surface area contributed by atoms with Crippen LogP contribution in [0.4, 0.5) is 14.5 Å². The van der Waals surface area contributed by atoms with Gasteiger partial charge in [-0.15, -0.1) is 0 Å². The Hall–Kier alpha value is -3.49. The molecular formula is C23H23F2N5O2. The molecule has 32 heavy (non-hydrogen) atoms. The van der Waals surface area contributed by atoms with E-state index in [1.807, 2.05) is 18.2 Å². The van der Waals surface area contributed by atoms with Crippen molar-refractivity contribution >= 4 is 28.5 Å². The molecule has 1 saturated carbocycles. The average Bonchev–Trinajstić information content (AvgIpc) is 3.53. The lowest BCUT2D eigenvalue weighted by atomic mass is 10.0. The Kier molecular flexibility index (Phi) is 4.83. The Morgan fingerprint density at radius 2 is 1.72 bits per heavy atom. The number of benzene rings is 2. The highest BCUT2D eigenvalue weighted by molar-refractivity contribution is 6.07. The minimum absolute atomic E-state index is 0.177. The number of nitrogens with two attached hydrogens (primary N) is 1. The molecule has 2 aromatic carbocycles. The van der Waals surface area contributed by atoms with E-state index in [2.05, 4.69) is 9.88 Å². The number of para-hydroxylation sites is 2.